The summed E-state index contributed by atoms with van der Waals surface area (Å²) in [5.74, 6) is 1.32. The first-order valence-electron chi connectivity index (χ1n) is 9.42. The first-order valence-corrected chi connectivity index (χ1v) is 9.42. The van der Waals surface area contributed by atoms with Crippen LogP contribution in [0.15, 0.2) is 12.1 Å². The highest BCUT2D eigenvalue weighted by Gasteiger charge is 2.24. The number of benzene rings is 1. The van der Waals surface area contributed by atoms with Crippen LogP contribution in [0.25, 0.3) is 0 Å². The summed E-state index contributed by atoms with van der Waals surface area (Å²) in [6, 6.07) is 3.67. The fourth-order valence-electron chi connectivity index (χ4n) is 2.98. The number of Topliss-reactive ketones (excluding diaryl/α,β-unsaturated/α-hetero) is 1. The molecule has 1 aromatic rings. The minimum Gasteiger partial charge on any atom is -0.493 e. The zero-order valence-corrected chi connectivity index (χ0v) is 16.7. The van der Waals surface area contributed by atoms with Crippen LogP contribution in [0.3, 0.4) is 0 Å². The van der Waals surface area contributed by atoms with Crippen molar-refractivity contribution < 1.29 is 23.7 Å². The van der Waals surface area contributed by atoms with Gasteiger partial charge in [-0.3, -0.25) is 4.79 Å². The van der Waals surface area contributed by atoms with Crippen molar-refractivity contribution in [3.8, 4) is 11.5 Å². The van der Waals surface area contributed by atoms with Crippen LogP contribution in [-0.4, -0.2) is 39.0 Å². The third-order valence-electron chi connectivity index (χ3n) is 4.46. The molecule has 0 aromatic heterocycles. The quantitative estimate of drug-likeness (QED) is 0.502. The van der Waals surface area contributed by atoms with Crippen molar-refractivity contribution in [2.24, 2.45) is 0 Å². The Morgan fingerprint density at radius 1 is 1.23 bits per heavy atom. The second-order valence-corrected chi connectivity index (χ2v) is 7.73. The van der Waals surface area contributed by atoms with Gasteiger partial charge < -0.3 is 18.9 Å². The third-order valence-corrected chi connectivity index (χ3v) is 4.46. The van der Waals surface area contributed by atoms with E-state index < -0.39 is 0 Å². The van der Waals surface area contributed by atoms with Crippen molar-refractivity contribution in [1.29, 1.82) is 0 Å². The van der Waals surface area contributed by atoms with Crippen LogP contribution in [0.5, 0.6) is 11.5 Å². The van der Waals surface area contributed by atoms with E-state index in [-0.39, 0.29) is 17.5 Å². The summed E-state index contributed by atoms with van der Waals surface area (Å²) in [5.41, 5.74) is 1.45. The van der Waals surface area contributed by atoms with Gasteiger partial charge in [-0.15, -0.1) is 0 Å². The molecule has 1 unspecified atom stereocenters. The molecule has 5 nitrogen and oxygen atoms in total. The van der Waals surface area contributed by atoms with Gasteiger partial charge in [0.25, 0.3) is 0 Å². The Morgan fingerprint density at radius 3 is 2.58 bits per heavy atom. The Hall–Kier alpha value is -1.59. The Morgan fingerprint density at radius 2 is 2.00 bits per heavy atom. The lowest BCUT2D eigenvalue weighted by Crippen LogP contribution is -2.23. The normalized spacial score (nSPS) is 17.8. The number of ketones is 1. The van der Waals surface area contributed by atoms with Crippen molar-refractivity contribution in [2.45, 2.75) is 65.1 Å². The standard InChI is InChI=1S/C21H32O5/c1-15(22)16-13-17(21(2,3)4)20(23-5)18(14-16)24-11-8-12-26-19-9-6-7-10-25-19/h13-14,19H,6-12H2,1-5H3. The highest BCUT2D eigenvalue weighted by Crippen LogP contribution is 2.39. The number of rotatable bonds is 8. The Balaban J connectivity index is 2.00. The van der Waals surface area contributed by atoms with Gasteiger partial charge in [-0.25, -0.2) is 0 Å². The highest BCUT2D eigenvalue weighted by molar-refractivity contribution is 5.95. The fraction of sp³-hybridized carbons (Fsp3) is 0.667. The first-order chi connectivity index (χ1) is 12.3. The Kier molecular flexibility index (Phi) is 7.47. The second kappa shape index (κ2) is 9.38. The molecule has 0 radical (unpaired) electrons. The second-order valence-electron chi connectivity index (χ2n) is 7.73. The SMILES string of the molecule is COc1c(OCCCOC2CCCCO2)cc(C(C)=O)cc1C(C)(C)C. The third kappa shape index (κ3) is 5.71. The number of hydrogen-bond donors (Lipinski definition) is 0. The van der Waals surface area contributed by atoms with Crippen molar-refractivity contribution >= 4 is 5.78 Å². The Labute approximate surface area is 157 Å². The molecule has 0 saturated carbocycles. The van der Waals surface area contributed by atoms with E-state index >= 15 is 0 Å². The molecule has 1 atom stereocenters. The zero-order chi connectivity index (χ0) is 19.2. The van der Waals surface area contributed by atoms with Gasteiger partial charge in [0.2, 0.25) is 0 Å². The highest BCUT2D eigenvalue weighted by atomic mass is 16.7. The van der Waals surface area contributed by atoms with E-state index in [1.54, 1.807) is 20.1 Å². The molecule has 1 fully saturated rings. The van der Waals surface area contributed by atoms with Crippen molar-refractivity contribution in [1.82, 2.24) is 0 Å². The maximum atomic E-state index is 11.9. The molecule has 0 N–H and O–H groups in total. The van der Waals surface area contributed by atoms with E-state index in [4.69, 9.17) is 18.9 Å². The van der Waals surface area contributed by atoms with Crippen LogP contribution in [0.2, 0.25) is 0 Å². The molecule has 0 spiro atoms. The maximum absolute atomic E-state index is 11.9. The molecule has 0 amide bonds. The molecule has 1 heterocycles. The molecule has 5 heteroatoms. The van der Waals surface area contributed by atoms with E-state index in [1.165, 1.54) is 0 Å². The topological polar surface area (TPSA) is 54.0 Å². The van der Waals surface area contributed by atoms with Gasteiger partial charge in [-0.2, -0.15) is 0 Å². The molecule has 1 aliphatic heterocycles. The van der Waals surface area contributed by atoms with Gasteiger partial charge in [0.15, 0.2) is 23.6 Å². The van der Waals surface area contributed by atoms with Crippen molar-refractivity contribution in [2.75, 3.05) is 26.9 Å². The van der Waals surface area contributed by atoms with Crippen LogP contribution >= 0.6 is 0 Å². The molecule has 1 aliphatic rings. The summed E-state index contributed by atoms with van der Waals surface area (Å²) in [4.78, 5) is 11.9. The van der Waals surface area contributed by atoms with Crippen LogP contribution in [-0.2, 0) is 14.9 Å². The van der Waals surface area contributed by atoms with Crippen molar-refractivity contribution in [3.63, 3.8) is 0 Å². The van der Waals surface area contributed by atoms with Crippen LogP contribution < -0.4 is 9.47 Å². The number of ether oxygens (including phenoxy) is 4. The van der Waals surface area contributed by atoms with Gasteiger partial charge in [0.05, 0.1) is 20.3 Å². The van der Waals surface area contributed by atoms with Gasteiger partial charge in [-0.05, 0) is 43.7 Å². The average molecular weight is 364 g/mol. The van der Waals surface area contributed by atoms with E-state index in [0.717, 1.165) is 37.9 Å². The largest absolute Gasteiger partial charge is 0.493 e. The Bertz CT molecular complexity index is 597. The average Bonchev–Trinajstić information content (AvgIpc) is 2.60. The van der Waals surface area contributed by atoms with Gasteiger partial charge >= 0.3 is 0 Å². The summed E-state index contributed by atoms with van der Waals surface area (Å²) in [6.07, 6.45) is 3.91. The van der Waals surface area contributed by atoms with E-state index in [1.807, 2.05) is 6.07 Å². The molecule has 1 aromatic carbocycles. The summed E-state index contributed by atoms with van der Waals surface area (Å²) in [7, 11) is 1.63. The maximum Gasteiger partial charge on any atom is 0.164 e. The van der Waals surface area contributed by atoms with Crippen LogP contribution in [0.1, 0.15) is 69.3 Å². The minimum absolute atomic E-state index is 0.0146. The van der Waals surface area contributed by atoms with E-state index in [2.05, 4.69) is 20.8 Å². The van der Waals surface area contributed by atoms with Crippen molar-refractivity contribution in [3.05, 3.63) is 23.3 Å². The van der Waals surface area contributed by atoms with E-state index in [0.29, 0.717) is 30.3 Å². The molecular formula is C21H32O5. The van der Waals surface area contributed by atoms with Gasteiger partial charge in [0, 0.05) is 24.2 Å². The number of carbonyl (C=O) groups is 1. The van der Waals surface area contributed by atoms with Crippen LogP contribution in [0, 0.1) is 0 Å². The van der Waals surface area contributed by atoms with Gasteiger partial charge in [-0.1, -0.05) is 20.8 Å². The summed E-state index contributed by atoms with van der Waals surface area (Å²) in [6.45, 7) is 9.71. The summed E-state index contributed by atoms with van der Waals surface area (Å²) >= 11 is 0. The predicted octanol–water partition coefficient (Wildman–Crippen LogP) is 4.51. The lowest BCUT2D eigenvalue weighted by Gasteiger charge is -2.25. The molecule has 146 valence electrons. The monoisotopic (exact) mass is 364 g/mol. The predicted molar refractivity (Wildman–Crippen MR) is 101 cm³/mol. The summed E-state index contributed by atoms with van der Waals surface area (Å²) in [5, 5.41) is 0. The fourth-order valence-corrected chi connectivity index (χ4v) is 2.98. The lowest BCUT2D eigenvalue weighted by molar-refractivity contribution is -0.163. The smallest absolute Gasteiger partial charge is 0.164 e. The molecule has 0 aliphatic carbocycles. The molecule has 2 rings (SSSR count). The molecule has 0 bridgehead atoms. The lowest BCUT2D eigenvalue weighted by atomic mass is 9.84. The number of hydrogen-bond acceptors (Lipinski definition) is 5. The summed E-state index contributed by atoms with van der Waals surface area (Å²) < 4.78 is 22.8. The van der Waals surface area contributed by atoms with E-state index in [9.17, 15) is 4.79 Å². The zero-order valence-electron chi connectivity index (χ0n) is 16.7. The van der Waals surface area contributed by atoms with Crippen LogP contribution in [0.4, 0.5) is 0 Å². The minimum atomic E-state index is -0.156. The number of methoxy groups -OCH3 is 1. The molecular weight excluding hydrogens is 332 g/mol. The molecule has 26 heavy (non-hydrogen) atoms. The first kappa shape index (κ1) is 20.7. The molecule has 1 saturated heterocycles. The van der Waals surface area contributed by atoms with Gasteiger partial charge in [0.1, 0.15) is 0 Å². The number of carbonyl (C=O) groups excluding carboxylic acids is 1.